The van der Waals surface area contributed by atoms with Crippen LogP contribution in [-0.4, -0.2) is 31.6 Å². The number of aryl methyl sites for hydroxylation is 1. The number of ether oxygens (including phenoxy) is 3. The molecule has 4 heteroatoms. The number of benzene rings is 1. The summed E-state index contributed by atoms with van der Waals surface area (Å²) in [5.41, 5.74) is 1.69. The van der Waals surface area contributed by atoms with Gasteiger partial charge in [0, 0.05) is 13.0 Å². The van der Waals surface area contributed by atoms with Gasteiger partial charge < -0.3 is 14.2 Å². The molecule has 4 nitrogen and oxygen atoms in total. The summed E-state index contributed by atoms with van der Waals surface area (Å²) in [5, 5.41) is 0. The van der Waals surface area contributed by atoms with Gasteiger partial charge in [0.15, 0.2) is 6.29 Å². The molecule has 0 aliphatic carbocycles. The molecule has 19 heavy (non-hydrogen) atoms. The van der Waals surface area contributed by atoms with E-state index in [9.17, 15) is 4.79 Å². The fourth-order valence-electron chi connectivity index (χ4n) is 2.05. The predicted molar refractivity (Wildman–Crippen MR) is 71.0 cm³/mol. The number of hydrogen-bond acceptors (Lipinski definition) is 4. The smallest absolute Gasteiger partial charge is 0.338 e. The first-order valence-electron chi connectivity index (χ1n) is 6.70. The van der Waals surface area contributed by atoms with Gasteiger partial charge in [0.1, 0.15) is 6.61 Å². The second-order valence-electron chi connectivity index (χ2n) is 4.68. The van der Waals surface area contributed by atoms with Crippen LogP contribution in [0.4, 0.5) is 0 Å². The van der Waals surface area contributed by atoms with Crippen LogP contribution in [0.2, 0.25) is 0 Å². The van der Waals surface area contributed by atoms with Crippen molar-refractivity contribution in [2.75, 3.05) is 13.2 Å². The molecule has 0 spiro atoms. The van der Waals surface area contributed by atoms with Gasteiger partial charge in [-0.05, 0) is 32.4 Å². The van der Waals surface area contributed by atoms with Crippen LogP contribution in [-0.2, 0) is 14.2 Å². The molecule has 0 aromatic heterocycles. The number of esters is 1. The summed E-state index contributed by atoms with van der Waals surface area (Å²) in [7, 11) is 0. The molecule has 2 rings (SSSR count). The van der Waals surface area contributed by atoms with Gasteiger partial charge >= 0.3 is 5.97 Å². The molecule has 0 radical (unpaired) electrons. The van der Waals surface area contributed by atoms with Crippen molar-refractivity contribution in [3.63, 3.8) is 0 Å². The summed E-state index contributed by atoms with van der Waals surface area (Å²) in [6.07, 6.45) is 1.53. The van der Waals surface area contributed by atoms with Gasteiger partial charge in [-0.1, -0.05) is 17.7 Å². The van der Waals surface area contributed by atoms with Crippen molar-refractivity contribution in [2.45, 2.75) is 39.1 Å². The second kappa shape index (κ2) is 6.68. The molecule has 104 valence electrons. The predicted octanol–water partition coefficient (Wildman–Crippen LogP) is 2.69. The fourth-order valence-corrected chi connectivity index (χ4v) is 2.05. The Morgan fingerprint density at radius 3 is 2.74 bits per heavy atom. The summed E-state index contributed by atoms with van der Waals surface area (Å²) < 4.78 is 16.2. The van der Waals surface area contributed by atoms with Crippen LogP contribution in [0.3, 0.4) is 0 Å². The quantitative estimate of drug-likeness (QED) is 0.767. The molecule has 1 heterocycles. The third kappa shape index (κ3) is 4.04. The molecule has 1 saturated heterocycles. The lowest BCUT2D eigenvalue weighted by Crippen LogP contribution is -2.20. The highest BCUT2D eigenvalue weighted by atomic mass is 16.7. The van der Waals surface area contributed by atoms with Crippen LogP contribution in [0, 0.1) is 6.92 Å². The minimum Gasteiger partial charge on any atom is -0.459 e. The zero-order valence-electron chi connectivity index (χ0n) is 11.4. The van der Waals surface area contributed by atoms with Crippen molar-refractivity contribution < 1.29 is 19.0 Å². The molecule has 1 aromatic carbocycles. The molecule has 1 fully saturated rings. The highest BCUT2D eigenvalue weighted by Gasteiger charge is 2.26. The summed E-state index contributed by atoms with van der Waals surface area (Å²) in [4.78, 5) is 11.8. The Hall–Kier alpha value is -1.39. The molecular formula is C15H20O4. The third-order valence-corrected chi connectivity index (χ3v) is 3.11. The maximum atomic E-state index is 11.8. The lowest BCUT2D eigenvalue weighted by atomic mass is 10.1. The normalized spacial score (nSPS) is 22.4. The molecule has 0 saturated carbocycles. The van der Waals surface area contributed by atoms with E-state index in [1.807, 2.05) is 26.0 Å². The van der Waals surface area contributed by atoms with E-state index in [0.717, 1.165) is 18.4 Å². The Kier molecular flexibility index (Phi) is 4.93. The summed E-state index contributed by atoms with van der Waals surface area (Å²) >= 11 is 0. The molecule has 0 bridgehead atoms. The summed E-state index contributed by atoms with van der Waals surface area (Å²) in [6, 6.07) is 7.34. The van der Waals surface area contributed by atoms with E-state index in [1.165, 1.54) is 0 Å². The van der Waals surface area contributed by atoms with Crippen molar-refractivity contribution in [3.8, 4) is 0 Å². The van der Waals surface area contributed by atoms with Gasteiger partial charge in [-0.3, -0.25) is 0 Å². The zero-order chi connectivity index (χ0) is 13.7. The van der Waals surface area contributed by atoms with E-state index in [1.54, 1.807) is 12.1 Å². The van der Waals surface area contributed by atoms with Crippen molar-refractivity contribution in [2.24, 2.45) is 0 Å². The minimum absolute atomic E-state index is 0.0500. The van der Waals surface area contributed by atoms with Crippen LogP contribution >= 0.6 is 0 Å². The van der Waals surface area contributed by atoms with Crippen LogP contribution in [0.25, 0.3) is 0 Å². The Labute approximate surface area is 113 Å². The maximum Gasteiger partial charge on any atom is 0.338 e. The van der Waals surface area contributed by atoms with Gasteiger partial charge in [0.25, 0.3) is 0 Å². The monoisotopic (exact) mass is 264 g/mol. The Morgan fingerprint density at radius 2 is 2.05 bits per heavy atom. The van der Waals surface area contributed by atoms with Gasteiger partial charge in [-0.15, -0.1) is 0 Å². The topological polar surface area (TPSA) is 44.8 Å². The lowest BCUT2D eigenvalue weighted by molar-refractivity contribution is -0.137. The average Bonchev–Trinajstić information content (AvgIpc) is 2.85. The molecule has 2 unspecified atom stereocenters. The van der Waals surface area contributed by atoms with E-state index in [4.69, 9.17) is 14.2 Å². The first kappa shape index (κ1) is 14.0. The van der Waals surface area contributed by atoms with Gasteiger partial charge in [0.2, 0.25) is 0 Å². The standard InChI is InChI=1S/C15H20O4/c1-3-17-14-9-8-13(19-14)10-18-15(16)12-6-4-11(2)5-7-12/h4-7,13-14H,3,8-10H2,1-2H3. The largest absolute Gasteiger partial charge is 0.459 e. The summed E-state index contributed by atoms with van der Waals surface area (Å²) in [5.74, 6) is -0.302. The van der Waals surface area contributed by atoms with Gasteiger partial charge in [-0.2, -0.15) is 0 Å². The Bertz CT molecular complexity index is 413. The SMILES string of the molecule is CCOC1CCC(COC(=O)c2ccc(C)cc2)O1. The molecular weight excluding hydrogens is 244 g/mol. The minimum atomic E-state index is -0.302. The molecule has 0 N–H and O–H groups in total. The number of rotatable bonds is 5. The van der Waals surface area contributed by atoms with Crippen LogP contribution < -0.4 is 0 Å². The fraction of sp³-hybridized carbons (Fsp3) is 0.533. The van der Waals surface area contributed by atoms with Crippen LogP contribution in [0.5, 0.6) is 0 Å². The van der Waals surface area contributed by atoms with E-state index in [-0.39, 0.29) is 25.0 Å². The van der Waals surface area contributed by atoms with Crippen LogP contribution in [0.1, 0.15) is 35.7 Å². The first-order valence-corrected chi connectivity index (χ1v) is 6.70. The molecule has 2 atom stereocenters. The third-order valence-electron chi connectivity index (χ3n) is 3.11. The highest BCUT2D eigenvalue weighted by molar-refractivity contribution is 5.89. The van der Waals surface area contributed by atoms with Crippen molar-refractivity contribution in [1.82, 2.24) is 0 Å². The Balaban J connectivity index is 1.76. The zero-order valence-corrected chi connectivity index (χ0v) is 11.4. The van der Waals surface area contributed by atoms with E-state index < -0.39 is 0 Å². The average molecular weight is 264 g/mol. The van der Waals surface area contributed by atoms with Crippen molar-refractivity contribution >= 4 is 5.97 Å². The molecule has 1 aromatic rings. The molecule has 1 aliphatic heterocycles. The second-order valence-corrected chi connectivity index (χ2v) is 4.68. The lowest BCUT2D eigenvalue weighted by Gasteiger charge is -2.13. The first-order chi connectivity index (χ1) is 9.19. The Morgan fingerprint density at radius 1 is 1.32 bits per heavy atom. The van der Waals surface area contributed by atoms with Crippen molar-refractivity contribution in [1.29, 1.82) is 0 Å². The van der Waals surface area contributed by atoms with E-state index in [0.29, 0.717) is 12.2 Å². The van der Waals surface area contributed by atoms with Crippen molar-refractivity contribution in [3.05, 3.63) is 35.4 Å². The van der Waals surface area contributed by atoms with E-state index in [2.05, 4.69) is 0 Å². The van der Waals surface area contributed by atoms with E-state index >= 15 is 0 Å². The number of hydrogen-bond donors (Lipinski definition) is 0. The van der Waals surface area contributed by atoms with Gasteiger partial charge in [0.05, 0.1) is 11.7 Å². The molecule has 1 aliphatic rings. The summed E-state index contributed by atoms with van der Waals surface area (Å²) in [6.45, 7) is 4.85. The highest BCUT2D eigenvalue weighted by Crippen LogP contribution is 2.21. The maximum absolute atomic E-state index is 11.8. The van der Waals surface area contributed by atoms with Crippen LogP contribution in [0.15, 0.2) is 24.3 Å². The van der Waals surface area contributed by atoms with Gasteiger partial charge in [-0.25, -0.2) is 4.79 Å². The molecule has 0 amide bonds. The number of carbonyl (C=O) groups excluding carboxylic acids is 1. The number of carbonyl (C=O) groups is 1.